The summed E-state index contributed by atoms with van der Waals surface area (Å²) in [5, 5.41) is 0. The summed E-state index contributed by atoms with van der Waals surface area (Å²) in [5.41, 5.74) is 0. The summed E-state index contributed by atoms with van der Waals surface area (Å²) in [6.07, 6.45) is 13.6. The van der Waals surface area contributed by atoms with Gasteiger partial charge in [-0.15, -0.1) is 6.58 Å². The van der Waals surface area contributed by atoms with Crippen LogP contribution in [0.25, 0.3) is 0 Å². The van der Waals surface area contributed by atoms with Crippen LogP contribution >= 0.6 is 0 Å². The molecule has 0 bridgehead atoms. The smallest absolute Gasteiger partial charge is 0.00955 e. The highest BCUT2D eigenvalue weighted by molar-refractivity contribution is 5.19. The molecule has 9 heavy (non-hydrogen) atoms. The van der Waals surface area contributed by atoms with Crippen molar-refractivity contribution in [3.8, 4) is 0 Å². The fourth-order valence-corrected chi connectivity index (χ4v) is 0.892. The third-order valence-electron chi connectivity index (χ3n) is 1.38. The Kier molecular flexibility index (Phi) is 2.32. The van der Waals surface area contributed by atoms with E-state index in [0.29, 0.717) is 5.92 Å². The SMILES string of the molecule is C=CCC1[CH]C=CC=C1. The third-order valence-corrected chi connectivity index (χ3v) is 1.38. The second-order valence-corrected chi connectivity index (χ2v) is 2.15. The Hall–Kier alpha value is -0.780. The van der Waals surface area contributed by atoms with Gasteiger partial charge in [0.25, 0.3) is 0 Å². The Balaban J connectivity index is 2.36. The summed E-state index contributed by atoms with van der Waals surface area (Å²) >= 11 is 0. The van der Waals surface area contributed by atoms with Crippen molar-refractivity contribution in [1.29, 1.82) is 0 Å². The average molecular weight is 119 g/mol. The minimum atomic E-state index is 0.590. The molecule has 1 aliphatic carbocycles. The van der Waals surface area contributed by atoms with Gasteiger partial charge in [0.15, 0.2) is 0 Å². The lowest BCUT2D eigenvalue weighted by Crippen LogP contribution is -1.95. The molecular formula is C9H11. The molecule has 47 valence electrons. The highest BCUT2D eigenvalue weighted by Gasteiger charge is 2.00. The molecule has 1 aliphatic rings. The molecule has 0 spiro atoms. The lowest BCUT2D eigenvalue weighted by Gasteiger charge is -2.07. The average Bonchev–Trinajstić information content (AvgIpc) is 1.91. The highest BCUT2D eigenvalue weighted by Crippen LogP contribution is 2.13. The van der Waals surface area contributed by atoms with Crippen molar-refractivity contribution < 1.29 is 0 Å². The molecule has 0 aromatic heterocycles. The quantitative estimate of drug-likeness (QED) is 0.490. The summed E-state index contributed by atoms with van der Waals surface area (Å²) in [6, 6.07) is 0. The van der Waals surface area contributed by atoms with Crippen LogP contribution < -0.4 is 0 Å². The van der Waals surface area contributed by atoms with Crippen LogP contribution in [0.2, 0.25) is 0 Å². The van der Waals surface area contributed by atoms with Crippen LogP contribution in [0.4, 0.5) is 0 Å². The maximum Gasteiger partial charge on any atom is -0.00955 e. The zero-order valence-electron chi connectivity index (χ0n) is 5.46. The first-order valence-corrected chi connectivity index (χ1v) is 3.22. The largest absolute Gasteiger partial charge is 0.103 e. The lowest BCUT2D eigenvalue weighted by molar-refractivity contribution is 0.785. The van der Waals surface area contributed by atoms with E-state index in [-0.39, 0.29) is 0 Å². The molecule has 1 unspecified atom stereocenters. The Bertz CT molecular complexity index is 138. The van der Waals surface area contributed by atoms with Crippen molar-refractivity contribution in [2.24, 2.45) is 5.92 Å². The van der Waals surface area contributed by atoms with Crippen molar-refractivity contribution in [3.05, 3.63) is 43.4 Å². The predicted molar refractivity (Wildman–Crippen MR) is 40.9 cm³/mol. The topological polar surface area (TPSA) is 0 Å². The first kappa shape index (κ1) is 6.34. The monoisotopic (exact) mass is 119 g/mol. The fourth-order valence-electron chi connectivity index (χ4n) is 0.892. The first-order chi connectivity index (χ1) is 4.43. The van der Waals surface area contributed by atoms with Gasteiger partial charge >= 0.3 is 0 Å². The number of hydrogen-bond acceptors (Lipinski definition) is 0. The molecule has 0 aromatic rings. The second kappa shape index (κ2) is 3.29. The molecular weight excluding hydrogens is 108 g/mol. The third kappa shape index (κ3) is 1.88. The van der Waals surface area contributed by atoms with Gasteiger partial charge in [-0.05, 0) is 18.8 Å². The molecule has 0 amide bonds. The number of hydrogen-bond donors (Lipinski definition) is 0. The van der Waals surface area contributed by atoms with Gasteiger partial charge in [-0.2, -0.15) is 0 Å². The van der Waals surface area contributed by atoms with Gasteiger partial charge in [-0.1, -0.05) is 30.4 Å². The Labute approximate surface area is 56.6 Å². The van der Waals surface area contributed by atoms with Crippen molar-refractivity contribution in [2.75, 3.05) is 0 Å². The summed E-state index contributed by atoms with van der Waals surface area (Å²) in [6.45, 7) is 3.68. The van der Waals surface area contributed by atoms with Gasteiger partial charge in [-0.25, -0.2) is 0 Å². The maximum absolute atomic E-state index is 3.68. The predicted octanol–water partition coefficient (Wildman–Crippen LogP) is 2.51. The van der Waals surface area contributed by atoms with Gasteiger partial charge in [0, 0.05) is 0 Å². The molecule has 0 N–H and O–H groups in total. The van der Waals surface area contributed by atoms with Gasteiger partial charge in [-0.3, -0.25) is 0 Å². The molecule has 0 saturated heterocycles. The van der Waals surface area contributed by atoms with Crippen LogP contribution in [0.15, 0.2) is 37.0 Å². The van der Waals surface area contributed by atoms with Crippen molar-refractivity contribution in [3.63, 3.8) is 0 Å². The standard InChI is InChI=1S/C9H11/c1-2-6-9-7-4-3-5-8-9/h2-5,7-9H,1,6H2. The van der Waals surface area contributed by atoms with E-state index in [2.05, 4.69) is 31.2 Å². The molecule has 0 nitrogen and oxygen atoms in total. The van der Waals surface area contributed by atoms with E-state index in [0.717, 1.165) is 6.42 Å². The minimum absolute atomic E-state index is 0.590. The molecule has 1 rings (SSSR count). The van der Waals surface area contributed by atoms with E-state index in [1.807, 2.05) is 12.2 Å². The first-order valence-electron chi connectivity index (χ1n) is 3.22. The summed E-state index contributed by atoms with van der Waals surface area (Å²) in [4.78, 5) is 0. The van der Waals surface area contributed by atoms with E-state index < -0.39 is 0 Å². The molecule has 0 saturated carbocycles. The molecule has 1 atom stereocenters. The zero-order valence-corrected chi connectivity index (χ0v) is 5.46. The van der Waals surface area contributed by atoms with Crippen molar-refractivity contribution >= 4 is 0 Å². The van der Waals surface area contributed by atoms with Gasteiger partial charge < -0.3 is 0 Å². The van der Waals surface area contributed by atoms with Crippen molar-refractivity contribution in [2.45, 2.75) is 6.42 Å². The summed E-state index contributed by atoms with van der Waals surface area (Å²) in [5.74, 6) is 0.590. The molecule has 0 aliphatic heterocycles. The number of rotatable bonds is 2. The summed E-state index contributed by atoms with van der Waals surface area (Å²) < 4.78 is 0. The van der Waals surface area contributed by atoms with Crippen LogP contribution in [0.1, 0.15) is 6.42 Å². The Morgan fingerprint density at radius 3 is 2.78 bits per heavy atom. The van der Waals surface area contributed by atoms with E-state index in [1.54, 1.807) is 0 Å². The van der Waals surface area contributed by atoms with E-state index in [1.165, 1.54) is 0 Å². The zero-order chi connectivity index (χ0) is 6.53. The van der Waals surface area contributed by atoms with Crippen LogP contribution in [0, 0.1) is 12.3 Å². The van der Waals surface area contributed by atoms with Gasteiger partial charge in [0.2, 0.25) is 0 Å². The van der Waals surface area contributed by atoms with Gasteiger partial charge in [0.1, 0.15) is 0 Å². The molecule has 0 heterocycles. The van der Waals surface area contributed by atoms with Gasteiger partial charge in [0.05, 0.1) is 0 Å². The molecule has 0 heteroatoms. The minimum Gasteiger partial charge on any atom is -0.103 e. The Morgan fingerprint density at radius 2 is 2.22 bits per heavy atom. The molecule has 1 radical (unpaired) electrons. The van der Waals surface area contributed by atoms with Crippen LogP contribution in [0.3, 0.4) is 0 Å². The maximum atomic E-state index is 3.68. The molecule has 0 fully saturated rings. The van der Waals surface area contributed by atoms with Crippen LogP contribution in [0.5, 0.6) is 0 Å². The second-order valence-electron chi connectivity index (χ2n) is 2.15. The Morgan fingerprint density at radius 1 is 1.33 bits per heavy atom. The van der Waals surface area contributed by atoms with E-state index in [4.69, 9.17) is 0 Å². The van der Waals surface area contributed by atoms with E-state index >= 15 is 0 Å². The summed E-state index contributed by atoms with van der Waals surface area (Å²) in [7, 11) is 0. The van der Waals surface area contributed by atoms with E-state index in [9.17, 15) is 0 Å². The van der Waals surface area contributed by atoms with Crippen LogP contribution in [-0.4, -0.2) is 0 Å². The van der Waals surface area contributed by atoms with Crippen molar-refractivity contribution in [1.82, 2.24) is 0 Å². The highest BCUT2D eigenvalue weighted by atomic mass is 14.1. The number of allylic oxidation sites excluding steroid dienone is 5. The van der Waals surface area contributed by atoms with Crippen LogP contribution in [-0.2, 0) is 0 Å². The fraction of sp³-hybridized carbons (Fsp3) is 0.222. The molecule has 0 aromatic carbocycles. The normalized spacial score (nSPS) is 24.2. The lowest BCUT2D eigenvalue weighted by atomic mass is 9.98.